The molecule has 0 atom stereocenters. The van der Waals surface area contributed by atoms with Crippen molar-refractivity contribution in [3.8, 4) is 0 Å². The Hall–Kier alpha value is -1.67. The number of sulfonamides is 1. The lowest BCUT2D eigenvalue weighted by atomic mass is 10.2. The van der Waals surface area contributed by atoms with E-state index in [1.165, 1.54) is 32.2 Å². The van der Waals surface area contributed by atoms with Crippen molar-refractivity contribution in [2.75, 3.05) is 7.05 Å². The van der Waals surface area contributed by atoms with Crippen molar-refractivity contribution in [3.63, 3.8) is 0 Å². The van der Waals surface area contributed by atoms with Gasteiger partial charge in [-0.3, -0.25) is 10.1 Å². The third kappa shape index (κ3) is 3.54. The van der Waals surface area contributed by atoms with Gasteiger partial charge in [0.05, 0.1) is 19.9 Å². The normalized spacial score (nSPS) is 11.7. The molecule has 0 aromatic heterocycles. The first kappa shape index (κ1) is 18.7. The van der Waals surface area contributed by atoms with Gasteiger partial charge in [-0.25, -0.2) is 8.42 Å². The molecule has 0 bridgehead atoms. The molecular formula is C15H14Cl2N2O4S. The zero-order valence-electron chi connectivity index (χ0n) is 12.9. The Kier molecular flexibility index (Phi) is 5.49. The molecule has 24 heavy (non-hydrogen) atoms. The molecule has 0 saturated heterocycles. The fourth-order valence-electron chi connectivity index (χ4n) is 2.24. The second-order valence-electron chi connectivity index (χ2n) is 5.13. The molecular weight excluding hydrogens is 375 g/mol. The summed E-state index contributed by atoms with van der Waals surface area (Å²) in [6, 6.07) is 8.89. The topological polar surface area (TPSA) is 80.5 Å². The lowest BCUT2D eigenvalue weighted by Crippen LogP contribution is -2.27. The van der Waals surface area contributed by atoms with Gasteiger partial charge in [0.15, 0.2) is 0 Å². The van der Waals surface area contributed by atoms with Gasteiger partial charge in [-0.2, -0.15) is 4.31 Å². The Balaban J connectivity index is 2.42. The summed E-state index contributed by atoms with van der Waals surface area (Å²) in [6.45, 7) is 1.40. The molecule has 2 aromatic carbocycles. The van der Waals surface area contributed by atoms with Gasteiger partial charge in [0.1, 0.15) is 0 Å². The highest BCUT2D eigenvalue weighted by atomic mass is 35.5. The van der Waals surface area contributed by atoms with Crippen LogP contribution < -0.4 is 0 Å². The number of hydrogen-bond acceptors (Lipinski definition) is 4. The number of nitro groups is 1. The maximum atomic E-state index is 12.8. The zero-order chi connectivity index (χ0) is 18.1. The average molecular weight is 389 g/mol. The van der Waals surface area contributed by atoms with Crippen LogP contribution in [-0.2, 0) is 16.6 Å². The van der Waals surface area contributed by atoms with Crippen LogP contribution >= 0.6 is 23.2 Å². The predicted molar refractivity (Wildman–Crippen MR) is 92.9 cm³/mol. The van der Waals surface area contributed by atoms with Crippen LogP contribution in [0.15, 0.2) is 41.3 Å². The van der Waals surface area contributed by atoms with Gasteiger partial charge in [0.2, 0.25) is 10.0 Å². The smallest absolute Gasteiger partial charge is 0.258 e. The lowest BCUT2D eigenvalue weighted by molar-refractivity contribution is -0.385. The summed E-state index contributed by atoms with van der Waals surface area (Å²) in [4.78, 5) is 10.3. The number of halogens is 2. The Morgan fingerprint density at radius 1 is 1.17 bits per heavy atom. The van der Waals surface area contributed by atoms with Crippen molar-refractivity contribution >= 4 is 38.9 Å². The molecule has 0 N–H and O–H groups in total. The van der Waals surface area contributed by atoms with Gasteiger partial charge in [0.25, 0.3) is 5.69 Å². The third-order valence-electron chi connectivity index (χ3n) is 3.57. The van der Waals surface area contributed by atoms with E-state index < -0.39 is 14.9 Å². The van der Waals surface area contributed by atoms with Gasteiger partial charge < -0.3 is 0 Å². The molecule has 0 saturated carbocycles. The predicted octanol–water partition coefficient (Wildman–Crippen LogP) is 4.03. The Labute approximate surface area is 149 Å². The molecule has 0 spiro atoms. The second-order valence-corrected chi connectivity index (χ2v) is 7.93. The largest absolute Gasteiger partial charge is 0.273 e. The molecule has 0 aliphatic heterocycles. The molecule has 0 heterocycles. The van der Waals surface area contributed by atoms with Gasteiger partial charge in [-0.15, -0.1) is 0 Å². The molecule has 2 rings (SSSR count). The maximum absolute atomic E-state index is 12.8. The van der Waals surface area contributed by atoms with Crippen LogP contribution in [0.25, 0.3) is 0 Å². The van der Waals surface area contributed by atoms with Crippen LogP contribution in [0.5, 0.6) is 0 Å². The lowest BCUT2D eigenvalue weighted by Gasteiger charge is -2.19. The molecule has 0 fully saturated rings. The Bertz CT molecular complexity index is 900. The van der Waals surface area contributed by atoms with Crippen LogP contribution in [0, 0.1) is 17.0 Å². The standard InChI is InChI=1S/C15H14Cl2N2O4S/c1-10-13(19(20)21)7-4-8-14(10)24(22,23)18(2)9-11-5-3-6-12(16)15(11)17/h3-8H,9H2,1-2H3. The van der Waals surface area contributed by atoms with Gasteiger partial charge in [0, 0.05) is 25.2 Å². The molecule has 0 aliphatic carbocycles. The molecule has 0 aliphatic rings. The van der Waals surface area contributed by atoms with Gasteiger partial charge in [-0.05, 0) is 24.6 Å². The fourth-order valence-corrected chi connectivity index (χ4v) is 4.01. The van der Waals surface area contributed by atoms with Gasteiger partial charge >= 0.3 is 0 Å². The van der Waals surface area contributed by atoms with E-state index in [1.54, 1.807) is 18.2 Å². The summed E-state index contributed by atoms with van der Waals surface area (Å²) in [5.74, 6) is 0. The summed E-state index contributed by atoms with van der Waals surface area (Å²) in [7, 11) is -2.55. The van der Waals surface area contributed by atoms with E-state index >= 15 is 0 Å². The van der Waals surface area contributed by atoms with Crippen LogP contribution in [0.2, 0.25) is 10.0 Å². The highest BCUT2D eigenvalue weighted by molar-refractivity contribution is 7.89. The van der Waals surface area contributed by atoms with E-state index in [0.29, 0.717) is 10.6 Å². The highest BCUT2D eigenvalue weighted by Crippen LogP contribution is 2.30. The van der Waals surface area contributed by atoms with Crippen molar-refractivity contribution in [2.45, 2.75) is 18.4 Å². The molecule has 0 amide bonds. The minimum atomic E-state index is -3.93. The van der Waals surface area contributed by atoms with E-state index in [0.717, 1.165) is 4.31 Å². The number of nitro benzene ring substituents is 1. The minimum absolute atomic E-state index is 0.0101. The third-order valence-corrected chi connectivity index (χ3v) is 6.37. The number of nitrogens with zero attached hydrogens (tertiary/aromatic N) is 2. The molecule has 128 valence electrons. The van der Waals surface area contributed by atoms with Crippen molar-refractivity contribution in [3.05, 3.63) is 67.7 Å². The van der Waals surface area contributed by atoms with Crippen LogP contribution in [0.4, 0.5) is 5.69 Å². The molecule has 2 aromatic rings. The van der Waals surface area contributed by atoms with Crippen LogP contribution in [0.1, 0.15) is 11.1 Å². The minimum Gasteiger partial charge on any atom is -0.258 e. The van der Waals surface area contributed by atoms with Crippen molar-refractivity contribution < 1.29 is 13.3 Å². The van der Waals surface area contributed by atoms with Crippen molar-refractivity contribution in [1.82, 2.24) is 4.31 Å². The first-order valence-corrected chi connectivity index (χ1v) is 8.99. The summed E-state index contributed by atoms with van der Waals surface area (Å²) in [6.07, 6.45) is 0. The average Bonchev–Trinajstić information content (AvgIpc) is 2.51. The van der Waals surface area contributed by atoms with E-state index in [2.05, 4.69) is 0 Å². The molecule has 0 radical (unpaired) electrons. The van der Waals surface area contributed by atoms with E-state index in [-0.39, 0.29) is 27.7 Å². The Morgan fingerprint density at radius 3 is 2.42 bits per heavy atom. The monoisotopic (exact) mass is 388 g/mol. The molecule has 9 heteroatoms. The zero-order valence-corrected chi connectivity index (χ0v) is 15.2. The second kappa shape index (κ2) is 7.06. The number of rotatable bonds is 5. The molecule has 0 unspecified atom stereocenters. The van der Waals surface area contributed by atoms with Crippen LogP contribution in [0.3, 0.4) is 0 Å². The van der Waals surface area contributed by atoms with E-state index in [1.807, 2.05) is 0 Å². The highest BCUT2D eigenvalue weighted by Gasteiger charge is 2.27. The van der Waals surface area contributed by atoms with Gasteiger partial charge in [-0.1, -0.05) is 41.4 Å². The fraction of sp³-hybridized carbons (Fsp3) is 0.200. The maximum Gasteiger partial charge on any atom is 0.273 e. The van der Waals surface area contributed by atoms with E-state index in [4.69, 9.17) is 23.2 Å². The van der Waals surface area contributed by atoms with Crippen LogP contribution in [-0.4, -0.2) is 24.7 Å². The first-order chi connectivity index (χ1) is 11.2. The first-order valence-electron chi connectivity index (χ1n) is 6.79. The molecule has 6 nitrogen and oxygen atoms in total. The summed E-state index contributed by atoms with van der Waals surface area (Å²) < 4.78 is 26.6. The van der Waals surface area contributed by atoms with E-state index in [9.17, 15) is 18.5 Å². The van der Waals surface area contributed by atoms with Crippen molar-refractivity contribution in [1.29, 1.82) is 0 Å². The number of benzene rings is 2. The number of hydrogen-bond donors (Lipinski definition) is 0. The summed E-state index contributed by atoms with van der Waals surface area (Å²) in [5, 5.41) is 11.6. The quantitative estimate of drug-likeness (QED) is 0.571. The Morgan fingerprint density at radius 2 is 1.79 bits per heavy atom. The summed E-state index contributed by atoms with van der Waals surface area (Å²) >= 11 is 12.0. The SMILES string of the molecule is Cc1c([N+](=O)[O-])cccc1S(=O)(=O)N(C)Cc1cccc(Cl)c1Cl. The summed E-state index contributed by atoms with van der Waals surface area (Å²) in [5.41, 5.74) is 0.384. The van der Waals surface area contributed by atoms with Crippen molar-refractivity contribution in [2.24, 2.45) is 0 Å².